The Morgan fingerprint density at radius 2 is 2.00 bits per heavy atom. The summed E-state index contributed by atoms with van der Waals surface area (Å²) >= 11 is 6.51. The lowest BCUT2D eigenvalue weighted by molar-refractivity contribution is -0.115. The van der Waals surface area contributed by atoms with Crippen molar-refractivity contribution in [2.45, 2.75) is 20.3 Å². The monoisotopic (exact) mass is 371 g/mol. The Labute approximate surface area is 154 Å². The van der Waals surface area contributed by atoms with Crippen LogP contribution in [-0.4, -0.2) is 15.9 Å². The summed E-state index contributed by atoms with van der Waals surface area (Å²) in [7, 11) is 0. The molecule has 3 aromatic rings. The fourth-order valence-corrected chi connectivity index (χ4v) is 3.49. The van der Waals surface area contributed by atoms with Gasteiger partial charge in [0.25, 0.3) is 0 Å². The number of aryl methyl sites for hydroxylation is 2. The van der Waals surface area contributed by atoms with E-state index in [1.54, 1.807) is 18.3 Å². The van der Waals surface area contributed by atoms with Gasteiger partial charge in [-0.25, -0.2) is 4.98 Å². The minimum absolute atomic E-state index is 0.109. The van der Waals surface area contributed by atoms with Crippen molar-refractivity contribution in [3.63, 3.8) is 0 Å². The lowest BCUT2D eigenvalue weighted by Gasteiger charge is -2.07. The number of H-pyrrole nitrogens is 1. The molecular formula is C18H17N3O2S2. The molecule has 0 radical (unpaired) electrons. The maximum absolute atomic E-state index is 12.1. The molecule has 0 aliphatic heterocycles. The Hall–Kier alpha value is -2.51. The van der Waals surface area contributed by atoms with Gasteiger partial charge in [0.05, 0.1) is 18.3 Å². The average molecular weight is 371 g/mol. The summed E-state index contributed by atoms with van der Waals surface area (Å²) < 4.78 is 6.35. The predicted octanol–water partition coefficient (Wildman–Crippen LogP) is 4.79. The van der Waals surface area contributed by atoms with Crippen LogP contribution in [0.5, 0.6) is 11.6 Å². The van der Waals surface area contributed by atoms with Crippen LogP contribution in [0.3, 0.4) is 0 Å². The van der Waals surface area contributed by atoms with Crippen LogP contribution in [0.1, 0.15) is 16.1 Å². The molecule has 0 unspecified atom stereocenters. The van der Waals surface area contributed by atoms with E-state index in [1.807, 2.05) is 38.1 Å². The first-order valence-corrected chi connectivity index (χ1v) is 8.91. The molecule has 2 aromatic heterocycles. The lowest BCUT2D eigenvalue weighted by Crippen LogP contribution is -2.14. The van der Waals surface area contributed by atoms with E-state index in [1.165, 1.54) is 16.9 Å². The van der Waals surface area contributed by atoms with Gasteiger partial charge in [0, 0.05) is 16.6 Å². The van der Waals surface area contributed by atoms with Gasteiger partial charge in [0.2, 0.25) is 11.8 Å². The standard InChI is InChI=1S/C18H17N3O2S2/c1-11-3-6-14(7-4-11)23-17-8-5-13(10-19-17)21-16(22)9-15-12(2)20-18(24)25-15/h3-8,10H,9H2,1-2H3,(H,20,24)(H,21,22). The van der Waals surface area contributed by atoms with E-state index in [2.05, 4.69) is 15.3 Å². The van der Waals surface area contributed by atoms with Gasteiger partial charge in [-0.3, -0.25) is 4.79 Å². The van der Waals surface area contributed by atoms with Crippen molar-refractivity contribution >= 4 is 35.1 Å². The van der Waals surface area contributed by atoms with Gasteiger partial charge in [-0.15, -0.1) is 11.3 Å². The number of ether oxygens (including phenoxy) is 1. The predicted molar refractivity (Wildman–Crippen MR) is 102 cm³/mol. The number of carbonyl (C=O) groups excluding carboxylic acids is 1. The van der Waals surface area contributed by atoms with Gasteiger partial charge in [0.1, 0.15) is 5.75 Å². The fourth-order valence-electron chi connectivity index (χ4n) is 2.20. The highest BCUT2D eigenvalue weighted by Gasteiger charge is 2.09. The van der Waals surface area contributed by atoms with E-state index < -0.39 is 0 Å². The van der Waals surface area contributed by atoms with Gasteiger partial charge < -0.3 is 15.0 Å². The molecule has 3 rings (SSSR count). The summed E-state index contributed by atoms with van der Waals surface area (Å²) in [4.78, 5) is 20.3. The van der Waals surface area contributed by atoms with Crippen LogP contribution < -0.4 is 10.1 Å². The van der Waals surface area contributed by atoms with E-state index in [0.717, 1.165) is 16.3 Å². The van der Waals surface area contributed by atoms with Crippen molar-refractivity contribution in [3.05, 3.63) is 62.7 Å². The zero-order valence-corrected chi connectivity index (χ0v) is 15.5. The number of amides is 1. The molecule has 0 bridgehead atoms. The molecule has 2 N–H and O–H groups in total. The molecule has 7 heteroatoms. The molecule has 0 fully saturated rings. The third-order valence-corrected chi connectivity index (χ3v) is 4.84. The quantitative estimate of drug-likeness (QED) is 0.633. The molecule has 128 valence electrons. The Morgan fingerprint density at radius 3 is 2.60 bits per heavy atom. The third-order valence-electron chi connectivity index (χ3n) is 3.51. The number of carbonyl (C=O) groups is 1. The first-order valence-electron chi connectivity index (χ1n) is 7.68. The topological polar surface area (TPSA) is 67.0 Å². The first kappa shape index (κ1) is 17.3. The van der Waals surface area contributed by atoms with Crippen molar-refractivity contribution < 1.29 is 9.53 Å². The SMILES string of the molecule is Cc1ccc(Oc2ccc(NC(=O)Cc3sc(=S)[nH]c3C)cn2)cc1. The van der Waals surface area contributed by atoms with Crippen molar-refractivity contribution in [1.82, 2.24) is 9.97 Å². The molecule has 5 nitrogen and oxygen atoms in total. The molecule has 0 atom stereocenters. The molecular weight excluding hydrogens is 354 g/mol. The Kier molecular flexibility index (Phi) is 5.25. The highest BCUT2D eigenvalue weighted by molar-refractivity contribution is 7.73. The summed E-state index contributed by atoms with van der Waals surface area (Å²) in [5, 5.41) is 2.83. The first-order chi connectivity index (χ1) is 12.0. The van der Waals surface area contributed by atoms with E-state index in [-0.39, 0.29) is 12.3 Å². The maximum Gasteiger partial charge on any atom is 0.229 e. The van der Waals surface area contributed by atoms with E-state index in [4.69, 9.17) is 17.0 Å². The van der Waals surface area contributed by atoms with E-state index >= 15 is 0 Å². The summed E-state index contributed by atoms with van der Waals surface area (Å²) in [5.41, 5.74) is 2.73. The third kappa shape index (κ3) is 4.74. The molecule has 0 aliphatic rings. The van der Waals surface area contributed by atoms with Gasteiger partial charge >= 0.3 is 0 Å². The molecule has 1 aromatic carbocycles. The number of hydrogen-bond acceptors (Lipinski definition) is 5. The molecule has 2 heterocycles. The molecule has 0 spiro atoms. The van der Waals surface area contributed by atoms with Crippen LogP contribution in [-0.2, 0) is 11.2 Å². The summed E-state index contributed by atoms with van der Waals surface area (Å²) in [6, 6.07) is 11.2. The number of aromatic nitrogens is 2. The number of rotatable bonds is 5. The number of thiazole rings is 1. The van der Waals surface area contributed by atoms with Crippen LogP contribution in [0, 0.1) is 17.8 Å². The highest BCUT2D eigenvalue weighted by atomic mass is 32.1. The number of pyridine rings is 1. The second-order valence-corrected chi connectivity index (χ2v) is 7.36. The van der Waals surface area contributed by atoms with Gasteiger partial charge in [-0.1, -0.05) is 17.7 Å². The minimum Gasteiger partial charge on any atom is -0.439 e. The van der Waals surface area contributed by atoms with E-state index in [0.29, 0.717) is 15.5 Å². The minimum atomic E-state index is -0.109. The van der Waals surface area contributed by atoms with Crippen LogP contribution >= 0.6 is 23.6 Å². The summed E-state index contributed by atoms with van der Waals surface area (Å²) in [6.07, 6.45) is 1.86. The van der Waals surface area contributed by atoms with Crippen molar-refractivity contribution in [1.29, 1.82) is 0 Å². The number of hydrogen-bond donors (Lipinski definition) is 2. The van der Waals surface area contributed by atoms with Crippen molar-refractivity contribution in [2.75, 3.05) is 5.32 Å². The van der Waals surface area contributed by atoms with Crippen LogP contribution in [0.2, 0.25) is 0 Å². The van der Waals surface area contributed by atoms with Crippen LogP contribution in [0.15, 0.2) is 42.6 Å². The molecule has 0 aliphatic carbocycles. The zero-order chi connectivity index (χ0) is 17.8. The second-order valence-electron chi connectivity index (χ2n) is 5.59. The summed E-state index contributed by atoms with van der Waals surface area (Å²) in [6.45, 7) is 3.93. The normalized spacial score (nSPS) is 10.5. The van der Waals surface area contributed by atoms with Crippen LogP contribution in [0.4, 0.5) is 5.69 Å². The fraction of sp³-hybridized carbons (Fsp3) is 0.167. The van der Waals surface area contributed by atoms with Crippen LogP contribution in [0.25, 0.3) is 0 Å². The van der Waals surface area contributed by atoms with E-state index in [9.17, 15) is 4.79 Å². The molecule has 0 saturated carbocycles. The smallest absolute Gasteiger partial charge is 0.229 e. The molecule has 0 saturated heterocycles. The number of anilines is 1. The Morgan fingerprint density at radius 1 is 1.24 bits per heavy atom. The zero-order valence-electron chi connectivity index (χ0n) is 13.8. The van der Waals surface area contributed by atoms with Gasteiger partial charge in [-0.2, -0.15) is 0 Å². The number of nitrogens with one attached hydrogen (secondary N) is 2. The summed E-state index contributed by atoms with van der Waals surface area (Å²) in [5.74, 6) is 1.09. The number of aromatic amines is 1. The highest BCUT2D eigenvalue weighted by Crippen LogP contribution is 2.21. The maximum atomic E-state index is 12.1. The van der Waals surface area contributed by atoms with Gasteiger partial charge in [-0.05, 0) is 44.3 Å². The Balaban J connectivity index is 1.60. The number of benzene rings is 1. The molecule has 25 heavy (non-hydrogen) atoms. The van der Waals surface area contributed by atoms with Crippen molar-refractivity contribution in [2.24, 2.45) is 0 Å². The second kappa shape index (κ2) is 7.58. The molecule has 1 amide bonds. The van der Waals surface area contributed by atoms with Gasteiger partial charge in [0.15, 0.2) is 3.95 Å². The average Bonchev–Trinajstić information content (AvgIpc) is 2.89. The van der Waals surface area contributed by atoms with Crippen molar-refractivity contribution in [3.8, 4) is 11.6 Å². The Bertz CT molecular complexity index is 928. The number of nitrogens with zero attached hydrogens (tertiary/aromatic N) is 1. The lowest BCUT2D eigenvalue weighted by atomic mass is 10.2. The largest absolute Gasteiger partial charge is 0.439 e.